The molecule has 6 heteroatoms. The van der Waals surface area contributed by atoms with Crippen molar-refractivity contribution in [2.45, 2.75) is 13.8 Å². The second-order valence-corrected chi connectivity index (χ2v) is 14.4. The van der Waals surface area contributed by atoms with Crippen LogP contribution < -0.4 is 0 Å². The topological polar surface area (TPSA) is 61.7 Å². The summed E-state index contributed by atoms with van der Waals surface area (Å²) < 4.78 is 11.6. The predicted octanol–water partition coefficient (Wildman–Crippen LogP) is 13.2. The second-order valence-electron chi connectivity index (χ2n) is 14.4. The largest absolute Gasteiger partial charge is 0.454 e. The Bertz CT molecular complexity index is 3260. The fourth-order valence-electron chi connectivity index (χ4n) is 8.50. The highest BCUT2D eigenvalue weighted by atomic mass is 16.3. The molecule has 0 fully saturated rings. The molecule has 4 aromatic heterocycles. The zero-order valence-electron chi connectivity index (χ0n) is 31.4. The first kappa shape index (κ1) is 32.8. The number of hydrogen-bond acceptors (Lipinski definition) is 4. The minimum absolute atomic E-state index is 0.584. The standard InChI is InChI=1S/C51H35N5O/c1-3-16-37-32(2)55(43-24-13-10-21-38(37)43)36-27-28-47-41(31-36)42-29-35(51-53-49(33-17-6-4-7-18-33)52-50(54-51)34-19-8-5-9-20-34)30-46(48(42)57-47)56-44-25-14-11-22-39(44)40-23-12-15-26-45(40)56/h3-31H,1-2H3/b16-3-. The highest BCUT2D eigenvalue weighted by Gasteiger charge is 2.22. The first-order valence-corrected chi connectivity index (χ1v) is 19.2. The van der Waals surface area contributed by atoms with Crippen molar-refractivity contribution in [1.82, 2.24) is 24.1 Å². The van der Waals surface area contributed by atoms with Crippen LogP contribution in [0.5, 0.6) is 0 Å². The molecule has 0 spiro atoms. The quantitative estimate of drug-likeness (QED) is 0.171. The van der Waals surface area contributed by atoms with E-state index in [2.05, 4.69) is 138 Å². The van der Waals surface area contributed by atoms with Gasteiger partial charge in [0.2, 0.25) is 0 Å². The van der Waals surface area contributed by atoms with Gasteiger partial charge in [-0.25, -0.2) is 15.0 Å². The third-order valence-corrected chi connectivity index (χ3v) is 11.1. The van der Waals surface area contributed by atoms with E-state index in [1.165, 1.54) is 27.4 Å². The molecular weight excluding hydrogens is 699 g/mol. The van der Waals surface area contributed by atoms with Crippen molar-refractivity contribution in [3.05, 3.63) is 181 Å². The van der Waals surface area contributed by atoms with Crippen molar-refractivity contribution in [2.24, 2.45) is 0 Å². The SMILES string of the molecule is C/C=C\c1c(C)n(-c2ccc3oc4c(-n5c6ccccc6c6ccccc65)cc(-c5nc(-c6ccccc6)nc(-c6ccccc6)n5)cc4c3c2)c2ccccc12. The summed E-state index contributed by atoms with van der Waals surface area (Å²) in [6.45, 7) is 4.26. The van der Waals surface area contributed by atoms with Gasteiger partial charge in [-0.1, -0.05) is 127 Å². The van der Waals surface area contributed by atoms with E-state index in [1.54, 1.807) is 0 Å². The van der Waals surface area contributed by atoms with Crippen molar-refractivity contribution in [3.63, 3.8) is 0 Å². The van der Waals surface area contributed by atoms with E-state index in [9.17, 15) is 0 Å². The number of allylic oxidation sites excluding steroid dienone is 1. The maximum atomic E-state index is 6.94. The van der Waals surface area contributed by atoms with Crippen LogP contribution in [0.25, 0.3) is 106 Å². The molecule has 11 rings (SSSR count). The Morgan fingerprint density at radius 2 is 1.00 bits per heavy atom. The van der Waals surface area contributed by atoms with Crippen LogP contribution in [-0.4, -0.2) is 24.1 Å². The molecule has 0 aliphatic heterocycles. The Morgan fingerprint density at radius 1 is 0.474 bits per heavy atom. The monoisotopic (exact) mass is 733 g/mol. The lowest BCUT2D eigenvalue weighted by molar-refractivity contribution is 0.666. The summed E-state index contributed by atoms with van der Waals surface area (Å²) in [5.74, 6) is 1.81. The Kier molecular flexibility index (Phi) is 7.51. The molecule has 57 heavy (non-hydrogen) atoms. The molecule has 0 N–H and O–H groups in total. The van der Waals surface area contributed by atoms with Gasteiger partial charge in [-0.2, -0.15) is 0 Å². The fraction of sp³-hybridized carbons (Fsp3) is 0.0392. The summed E-state index contributed by atoms with van der Waals surface area (Å²) >= 11 is 0. The Labute approximate surface area is 328 Å². The van der Waals surface area contributed by atoms with Gasteiger partial charge in [-0.05, 0) is 62.4 Å². The van der Waals surface area contributed by atoms with Crippen LogP contribution in [0.4, 0.5) is 0 Å². The average Bonchev–Trinajstić information content (AvgIpc) is 3.91. The molecule has 0 amide bonds. The van der Waals surface area contributed by atoms with Gasteiger partial charge in [0, 0.05) is 60.6 Å². The van der Waals surface area contributed by atoms with Crippen LogP contribution in [-0.2, 0) is 0 Å². The molecule has 6 nitrogen and oxygen atoms in total. The first-order chi connectivity index (χ1) is 28.1. The lowest BCUT2D eigenvalue weighted by Crippen LogP contribution is -2.01. The molecule has 0 unspecified atom stereocenters. The van der Waals surface area contributed by atoms with E-state index in [1.807, 2.05) is 60.7 Å². The fourth-order valence-corrected chi connectivity index (χ4v) is 8.50. The third-order valence-electron chi connectivity index (χ3n) is 11.1. The Balaban J connectivity index is 1.23. The van der Waals surface area contributed by atoms with Crippen molar-refractivity contribution in [1.29, 1.82) is 0 Å². The average molecular weight is 734 g/mol. The van der Waals surface area contributed by atoms with E-state index in [0.717, 1.165) is 66.6 Å². The van der Waals surface area contributed by atoms with Gasteiger partial charge in [-0.15, -0.1) is 0 Å². The molecule has 0 saturated heterocycles. The van der Waals surface area contributed by atoms with Gasteiger partial charge in [0.25, 0.3) is 0 Å². The molecule has 7 aromatic carbocycles. The molecule has 270 valence electrons. The summed E-state index contributed by atoms with van der Waals surface area (Å²) in [4.78, 5) is 15.3. The highest BCUT2D eigenvalue weighted by molar-refractivity contribution is 6.14. The van der Waals surface area contributed by atoms with E-state index >= 15 is 0 Å². The minimum atomic E-state index is 0.584. The molecular formula is C51H35N5O. The van der Waals surface area contributed by atoms with Gasteiger partial charge in [-0.3, -0.25) is 0 Å². The lowest BCUT2D eigenvalue weighted by Gasteiger charge is -2.12. The van der Waals surface area contributed by atoms with Gasteiger partial charge in [0.15, 0.2) is 23.1 Å². The molecule has 0 atom stereocenters. The normalized spacial score (nSPS) is 12.0. The summed E-state index contributed by atoms with van der Waals surface area (Å²) in [7, 11) is 0. The number of hydrogen-bond donors (Lipinski definition) is 0. The van der Waals surface area contributed by atoms with Crippen LogP contribution in [0.1, 0.15) is 18.2 Å². The zero-order valence-corrected chi connectivity index (χ0v) is 31.4. The van der Waals surface area contributed by atoms with Crippen molar-refractivity contribution in [3.8, 4) is 45.5 Å². The van der Waals surface area contributed by atoms with Gasteiger partial charge in [0.1, 0.15) is 5.58 Å². The lowest BCUT2D eigenvalue weighted by atomic mass is 10.1. The van der Waals surface area contributed by atoms with E-state index < -0.39 is 0 Å². The summed E-state index contributed by atoms with van der Waals surface area (Å²) in [5.41, 5.74) is 12.0. The van der Waals surface area contributed by atoms with E-state index in [4.69, 9.17) is 19.4 Å². The number of rotatable bonds is 6. The number of para-hydroxylation sites is 3. The van der Waals surface area contributed by atoms with Crippen LogP contribution in [0, 0.1) is 6.92 Å². The number of furan rings is 1. The van der Waals surface area contributed by atoms with E-state index in [0.29, 0.717) is 17.5 Å². The van der Waals surface area contributed by atoms with Crippen LogP contribution in [0.2, 0.25) is 0 Å². The predicted molar refractivity (Wildman–Crippen MR) is 234 cm³/mol. The summed E-state index contributed by atoms with van der Waals surface area (Å²) in [6, 6.07) is 56.9. The molecule has 4 heterocycles. The molecule has 0 aliphatic carbocycles. The number of aromatic nitrogens is 5. The Hall–Kier alpha value is -7.57. The molecule has 0 aliphatic rings. The summed E-state index contributed by atoms with van der Waals surface area (Å²) in [5, 5.41) is 5.56. The summed E-state index contributed by atoms with van der Waals surface area (Å²) in [6.07, 6.45) is 4.31. The highest BCUT2D eigenvalue weighted by Crippen LogP contribution is 2.42. The molecule has 0 radical (unpaired) electrons. The Morgan fingerprint density at radius 3 is 1.60 bits per heavy atom. The number of fused-ring (bicyclic) bond motifs is 7. The minimum Gasteiger partial charge on any atom is -0.454 e. The van der Waals surface area contributed by atoms with Crippen molar-refractivity contribution >= 4 is 60.7 Å². The molecule has 11 aromatic rings. The third kappa shape index (κ3) is 5.22. The first-order valence-electron chi connectivity index (χ1n) is 19.2. The second kappa shape index (κ2) is 13.0. The van der Waals surface area contributed by atoms with Crippen molar-refractivity contribution < 1.29 is 4.42 Å². The van der Waals surface area contributed by atoms with Crippen LogP contribution in [0.15, 0.2) is 174 Å². The van der Waals surface area contributed by atoms with Crippen LogP contribution >= 0.6 is 0 Å². The molecule has 0 saturated carbocycles. The van der Waals surface area contributed by atoms with Gasteiger partial charge >= 0.3 is 0 Å². The number of nitrogens with zero attached hydrogens (tertiary/aromatic N) is 5. The number of benzene rings is 7. The van der Waals surface area contributed by atoms with Gasteiger partial charge in [0.05, 0.1) is 22.2 Å². The maximum Gasteiger partial charge on any atom is 0.164 e. The smallest absolute Gasteiger partial charge is 0.164 e. The van der Waals surface area contributed by atoms with Gasteiger partial charge < -0.3 is 13.6 Å². The molecule has 0 bridgehead atoms. The zero-order chi connectivity index (χ0) is 38.0. The van der Waals surface area contributed by atoms with Crippen molar-refractivity contribution in [2.75, 3.05) is 0 Å². The van der Waals surface area contributed by atoms with E-state index in [-0.39, 0.29) is 0 Å². The van der Waals surface area contributed by atoms with Crippen LogP contribution in [0.3, 0.4) is 0 Å². The maximum absolute atomic E-state index is 6.94.